The van der Waals surface area contributed by atoms with Gasteiger partial charge in [-0.05, 0) is 49.2 Å². The number of sulfonamides is 1. The van der Waals surface area contributed by atoms with Crippen LogP contribution in [-0.2, 0) is 32.6 Å². The van der Waals surface area contributed by atoms with Gasteiger partial charge in [0.05, 0.1) is 27.0 Å². The van der Waals surface area contributed by atoms with E-state index in [1.807, 2.05) is 44.2 Å². The average molecular weight is 611 g/mol. The highest BCUT2D eigenvalue weighted by atomic mass is 35.5. The molecule has 208 valence electrons. The standard InChI is InChI=1S/C28H30Cl3N3O4S/c1-19(2)32-28(36)26(16-20-9-5-4-6-10-20)33(17-21-13-14-22(29)24(31)15-21)27(35)18-34(39(3,37)38)25-12-8-7-11-23(25)30/h4-15,19,26H,16-18H2,1-3H3,(H,32,36)/t26-/m1/s1. The van der Waals surface area contributed by atoms with Gasteiger partial charge in [-0.25, -0.2) is 8.42 Å². The van der Waals surface area contributed by atoms with Crippen LogP contribution in [-0.4, -0.2) is 50.0 Å². The second kappa shape index (κ2) is 13.5. The van der Waals surface area contributed by atoms with Crippen molar-refractivity contribution in [3.63, 3.8) is 0 Å². The molecule has 7 nitrogen and oxygen atoms in total. The van der Waals surface area contributed by atoms with Crippen LogP contribution in [0.3, 0.4) is 0 Å². The molecule has 0 aliphatic carbocycles. The lowest BCUT2D eigenvalue weighted by molar-refractivity contribution is -0.140. The topological polar surface area (TPSA) is 86.8 Å². The SMILES string of the molecule is CC(C)NC(=O)[C@@H](Cc1ccccc1)N(Cc1ccc(Cl)c(Cl)c1)C(=O)CN(c1ccccc1Cl)S(C)(=O)=O. The van der Waals surface area contributed by atoms with E-state index in [9.17, 15) is 18.0 Å². The largest absolute Gasteiger partial charge is 0.352 e. The summed E-state index contributed by atoms with van der Waals surface area (Å²) in [5.41, 5.74) is 1.62. The third-order valence-electron chi connectivity index (χ3n) is 5.84. The summed E-state index contributed by atoms with van der Waals surface area (Å²) in [4.78, 5) is 28.9. The Kier molecular flexibility index (Phi) is 10.7. The van der Waals surface area contributed by atoms with Gasteiger partial charge >= 0.3 is 0 Å². The summed E-state index contributed by atoms with van der Waals surface area (Å²) in [6.07, 6.45) is 1.21. The molecule has 1 atom stereocenters. The number of hydrogen-bond donors (Lipinski definition) is 1. The molecule has 2 amide bonds. The van der Waals surface area contributed by atoms with Crippen molar-refractivity contribution < 1.29 is 18.0 Å². The molecule has 3 rings (SSSR count). The number of nitrogens with one attached hydrogen (secondary N) is 1. The first-order valence-electron chi connectivity index (χ1n) is 12.2. The van der Waals surface area contributed by atoms with Gasteiger partial charge in [0, 0.05) is 19.0 Å². The van der Waals surface area contributed by atoms with E-state index in [4.69, 9.17) is 34.8 Å². The van der Waals surface area contributed by atoms with Crippen LogP contribution in [0.2, 0.25) is 15.1 Å². The van der Waals surface area contributed by atoms with E-state index in [-0.39, 0.29) is 35.6 Å². The van der Waals surface area contributed by atoms with Crippen LogP contribution >= 0.6 is 34.8 Å². The predicted octanol–water partition coefficient (Wildman–Crippen LogP) is 5.58. The van der Waals surface area contributed by atoms with Crippen LogP contribution in [0.1, 0.15) is 25.0 Å². The zero-order valence-corrected chi connectivity index (χ0v) is 24.9. The Morgan fingerprint density at radius 3 is 2.08 bits per heavy atom. The number of anilines is 1. The van der Waals surface area contributed by atoms with Crippen molar-refractivity contribution in [3.05, 3.63) is 99.0 Å². The fourth-order valence-corrected chi connectivity index (χ4v) is 5.49. The van der Waals surface area contributed by atoms with Crippen molar-refractivity contribution in [1.29, 1.82) is 0 Å². The zero-order chi connectivity index (χ0) is 28.7. The molecule has 0 unspecified atom stereocenters. The second-order valence-electron chi connectivity index (χ2n) is 9.36. The lowest BCUT2D eigenvalue weighted by Crippen LogP contribution is -2.54. The smallest absolute Gasteiger partial charge is 0.244 e. The van der Waals surface area contributed by atoms with Crippen molar-refractivity contribution in [2.45, 2.75) is 38.9 Å². The lowest BCUT2D eigenvalue weighted by Gasteiger charge is -2.34. The first-order valence-corrected chi connectivity index (χ1v) is 15.1. The molecule has 3 aromatic carbocycles. The van der Waals surface area contributed by atoms with Crippen LogP contribution in [0.25, 0.3) is 0 Å². The van der Waals surface area contributed by atoms with Gasteiger partial charge in [-0.2, -0.15) is 0 Å². The van der Waals surface area contributed by atoms with E-state index >= 15 is 0 Å². The summed E-state index contributed by atoms with van der Waals surface area (Å²) in [6, 6.07) is 19.4. The van der Waals surface area contributed by atoms with E-state index in [0.717, 1.165) is 16.1 Å². The number of carbonyl (C=O) groups excluding carboxylic acids is 2. The maximum absolute atomic E-state index is 14.0. The Hall–Kier alpha value is -2.78. The molecule has 0 aliphatic rings. The highest BCUT2D eigenvalue weighted by molar-refractivity contribution is 7.92. The predicted molar refractivity (Wildman–Crippen MR) is 158 cm³/mol. The van der Waals surface area contributed by atoms with Gasteiger partial charge in [-0.3, -0.25) is 13.9 Å². The number of hydrogen-bond acceptors (Lipinski definition) is 4. The molecule has 0 radical (unpaired) electrons. The highest BCUT2D eigenvalue weighted by Gasteiger charge is 2.33. The van der Waals surface area contributed by atoms with E-state index < -0.39 is 28.5 Å². The number of amides is 2. The minimum atomic E-state index is -3.92. The Balaban J connectivity index is 2.08. The number of para-hydroxylation sites is 1. The molecule has 0 aromatic heterocycles. The third-order valence-corrected chi connectivity index (χ3v) is 8.02. The van der Waals surface area contributed by atoms with Crippen LogP contribution in [0.15, 0.2) is 72.8 Å². The van der Waals surface area contributed by atoms with Gasteiger partial charge in [0.1, 0.15) is 12.6 Å². The Bertz CT molecular complexity index is 1420. The normalized spacial score (nSPS) is 12.2. The minimum Gasteiger partial charge on any atom is -0.352 e. The second-order valence-corrected chi connectivity index (χ2v) is 12.5. The van der Waals surface area contributed by atoms with Gasteiger partial charge in [0.2, 0.25) is 21.8 Å². The van der Waals surface area contributed by atoms with Gasteiger partial charge in [-0.1, -0.05) is 83.3 Å². The maximum Gasteiger partial charge on any atom is 0.244 e. The molecular weight excluding hydrogens is 581 g/mol. The molecular formula is C28H30Cl3N3O4S. The van der Waals surface area contributed by atoms with Crippen LogP contribution in [0.5, 0.6) is 0 Å². The molecule has 3 aromatic rings. The quantitative estimate of drug-likeness (QED) is 0.307. The van der Waals surface area contributed by atoms with Crippen molar-refractivity contribution in [3.8, 4) is 0 Å². The van der Waals surface area contributed by atoms with Gasteiger partial charge in [0.15, 0.2) is 0 Å². The molecule has 0 saturated heterocycles. The van der Waals surface area contributed by atoms with Crippen LogP contribution < -0.4 is 9.62 Å². The van der Waals surface area contributed by atoms with E-state index in [0.29, 0.717) is 15.6 Å². The highest BCUT2D eigenvalue weighted by Crippen LogP contribution is 2.28. The maximum atomic E-state index is 14.0. The van der Waals surface area contributed by atoms with Crippen molar-refractivity contribution >= 4 is 62.3 Å². The molecule has 0 fully saturated rings. The molecule has 0 saturated carbocycles. The van der Waals surface area contributed by atoms with Crippen LogP contribution in [0.4, 0.5) is 5.69 Å². The first kappa shape index (κ1) is 30.8. The van der Waals surface area contributed by atoms with Crippen molar-refractivity contribution in [1.82, 2.24) is 10.2 Å². The number of halogens is 3. The molecule has 0 aliphatic heterocycles. The van der Waals surface area contributed by atoms with Gasteiger partial charge in [0.25, 0.3) is 0 Å². The van der Waals surface area contributed by atoms with Crippen molar-refractivity contribution in [2.75, 3.05) is 17.1 Å². The summed E-state index contributed by atoms with van der Waals surface area (Å²) in [6.45, 7) is 3.07. The number of benzene rings is 3. The van der Waals surface area contributed by atoms with Gasteiger partial charge in [-0.15, -0.1) is 0 Å². The molecule has 11 heteroatoms. The Labute approximate surface area is 244 Å². The van der Waals surface area contributed by atoms with E-state index in [1.165, 1.54) is 11.0 Å². The summed E-state index contributed by atoms with van der Waals surface area (Å²) in [5.74, 6) is -0.961. The summed E-state index contributed by atoms with van der Waals surface area (Å²) in [7, 11) is -3.92. The monoisotopic (exact) mass is 609 g/mol. The van der Waals surface area contributed by atoms with E-state index in [1.54, 1.807) is 36.4 Å². The first-order chi connectivity index (χ1) is 18.4. The summed E-state index contributed by atoms with van der Waals surface area (Å²) >= 11 is 18.6. The Morgan fingerprint density at radius 1 is 0.846 bits per heavy atom. The third kappa shape index (κ3) is 8.60. The van der Waals surface area contributed by atoms with Crippen LogP contribution in [0, 0.1) is 0 Å². The minimum absolute atomic E-state index is 0.0150. The van der Waals surface area contributed by atoms with Gasteiger partial charge < -0.3 is 10.2 Å². The fourth-order valence-electron chi connectivity index (χ4n) is 4.02. The lowest BCUT2D eigenvalue weighted by atomic mass is 10.0. The average Bonchev–Trinajstić information content (AvgIpc) is 2.86. The zero-order valence-electron chi connectivity index (χ0n) is 21.8. The number of nitrogens with zero attached hydrogens (tertiary/aromatic N) is 2. The summed E-state index contributed by atoms with van der Waals surface area (Å²) < 4.78 is 26.6. The molecule has 0 bridgehead atoms. The molecule has 1 N–H and O–H groups in total. The fraction of sp³-hybridized carbons (Fsp3) is 0.286. The summed E-state index contributed by atoms with van der Waals surface area (Å²) in [5, 5.41) is 3.71. The molecule has 0 spiro atoms. The Morgan fingerprint density at radius 2 is 1.49 bits per heavy atom. The molecule has 0 heterocycles. The number of rotatable bonds is 11. The molecule has 39 heavy (non-hydrogen) atoms. The van der Waals surface area contributed by atoms with E-state index in [2.05, 4.69) is 5.32 Å². The number of carbonyl (C=O) groups is 2. The van der Waals surface area contributed by atoms with Crippen molar-refractivity contribution in [2.24, 2.45) is 0 Å².